The van der Waals surface area contributed by atoms with E-state index in [0.29, 0.717) is 50.2 Å². The van der Waals surface area contributed by atoms with Crippen LogP contribution in [0.2, 0.25) is 0 Å². The van der Waals surface area contributed by atoms with Crippen LogP contribution in [0.5, 0.6) is 0 Å². The van der Waals surface area contributed by atoms with Gasteiger partial charge in [0, 0.05) is 56.0 Å². The molecule has 51 heavy (non-hydrogen) atoms. The minimum absolute atomic E-state index is 0.0244. The van der Waals surface area contributed by atoms with Gasteiger partial charge >= 0.3 is 0 Å². The molecular formula is C40H39F2N5O4. The summed E-state index contributed by atoms with van der Waals surface area (Å²) in [7, 11) is 0. The molecule has 0 spiro atoms. The normalized spacial score (nSPS) is 18.9. The molecule has 1 unspecified atom stereocenters. The van der Waals surface area contributed by atoms with E-state index in [0.717, 1.165) is 28.2 Å². The molecule has 1 amide bonds. The monoisotopic (exact) mass is 691 g/mol. The summed E-state index contributed by atoms with van der Waals surface area (Å²) in [6.07, 6.45) is 0.958. The van der Waals surface area contributed by atoms with Crippen LogP contribution in [0.1, 0.15) is 55.5 Å². The number of nitrogens with one attached hydrogen (secondary N) is 1. The van der Waals surface area contributed by atoms with E-state index >= 15 is 0 Å². The van der Waals surface area contributed by atoms with Crippen molar-refractivity contribution in [2.45, 2.75) is 38.8 Å². The lowest BCUT2D eigenvalue weighted by atomic mass is 9.73. The number of rotatable bonds is 7. The van der Waals surface area contributed by atoms with E-state index in [4.69, 9.17) is 0 Å². The average molecular weight is 692 g/mol. The van der Waals surface area contributed by atoms with Crippen molar-refractivity contribution >= 4 is 28.8 Å². The molecule has 1 saturated heterocycles. The number of fused-ring (bicyclic) bond motifs is 1. The van der Waals surface area contributed by atoms with Crippen LogP contribution in [0.4, 0.5) is 25.8 Å². The van der Waals surface area contributed by atoms with E-state index < -0.39 is 11.0 Å². The number of amides is 1. The zero-order valence-corrected chi connectivity index (χ0v) is 28.5. The van der Waals surface area contributed by atoms with E-state index in [-0.39, 0.29) is 47.0 Å². The first kappa shape index (κ1) is 34.0. The van der Waals surface area contributed by atoms with Crippen LogP contribution < -0.4 is 10.2 Å². The summed E-state index contributed by atoms with van der Waals surface area (Å²) in [6.45, 7) is 5.99. The molecule has 2 heterocycles. The van der Waals surface area contributed by atoms with Gasteiger partial charge < -0.3 is 15.1 Å². The summed E-state index contributed by atoms with van der Waals surface area (Å²) >= 11 is 0. The fourth-order valence-corrected chi connectivity index (χ4v) is 7.73. The number of hydrogen-bond donors (Lipinski definition) is 1. The third kappa shape index (κ3) is 6.98. The number of anilines is 2. The molecule has 1 N–H and O–H groups in total. The summed E-state index contributed by atoms with van der Waals surface area (Å²) in [5.41, 5.74) is 4.97. The van der Waals surface area contributed by atoms with Crippen molar-refractivity contribution in [3.8, 4) is 0 Å². The molecule has 4 aromatic rings. The van der Waals surface area contributed by atoms with E-state index in [1.807, 2.05) is 34.1 Å². The number of benzene rings is 4. The number of para-hydroxylation sites is 2. The van der Waals surface area contributed by atoms with Gasteiger partial charge in [0.1, 0.15) is 11.6 Å². The molecule has 4 aromatic carbocycles. The molecular weight excluding hydrogens is 652 g/mol. The first-order valence-corrected chi connectivity index (χ1v) is 17.1. The number of nitro benzene ring substituents is 1. The number of piperazine rings is 1. The van der Waals surface area contributed by atoms with Crippen molar-refractivity contribution in [1.82, 2.24) is 9.80 Å². The first-order chi connectivity index (χ1) is 24.5. The lowest BCUT2D eigenvalue weighted by Crippen LogP contribution is -2.52. The van der Waals surface area contributed by atoms with Gasteiger partial charge in [-0.2, -0.15) is 0 Å². The second kappa shape index (κ2) is 13.7. The van der Waals surface area contributed by atoms with Crippen molar-refractivity contribution in [2.24, 2.45) is 5.41 Å². The maximum absolute atomic E-state index is 14.3. The zero-order chi connectivity index (χ0) is 35.9. The minimum atomic E-state index is -0.660. The van der Waals surface area contributed by atoms with Crippen LogP contribution >= 0.6 is 0 Å². The van der Waals surface area contributed by atoms with Gasteiger partial charge in [0.15, 0.2) is 5.78 Å². The summed E-state index contributed by atoms with van der Waals surface area (Å²) in [5, 5.41) is 15.1. The first-order valence-electron chi connectivity index (χ1n) is 17.1. The number of halogens is 2. The molecule has 9 nitrogen and oxygen atoms in total. The molecule has 0 aromatic heterocycles. The third-order valence-electron chi connectivity index (χ3n) is 10.1. The molecule has 2 aliphatic heterocycles. The molecule has 0 radical (unpaired) electrons. The van der Waals surface area contributed by atoms with Gasteiger partial charge in [0.2, 0.25) is 5.91 Å². The van der Waals surface area contributed by atoms with E-state index in [1.54, 1.807) is 36.4 Å². The van der Waals surface area contributed by atoms with Crippen LogP contribution in [0.15, 0.2) is 108 Å². The second-order valence-electron chi connectivity index (χ2n) is 14.3. The molecule has 262 valence electrons. The number of nitro groups is 1. The highest BCUT2D eigenvalue weighted by Gasteiger charge is 2.42. The van der Waals surface area contributed by atoms with Crippen molar-refractivity contribution in [1.29, 1.82) is 0 Å². The van der Waals surface area contributed by atoms with Crippen LogP contribution in [0.25, 0.3) is 0 Å². The summed E-state index contributed by atoms with van der Waals surface area (Å²) in [4.78, 5) is 45.4. The summed E-state index contributed by atoms with van der Waals surface area (Å²) < 4.78 is 27.7. The van der Waals surface area contributed by atoms with Gasteiger partial charge in [0.05, 0.1) is 34.9 Å². The Balaban J connectivity index is 1.19. The van der Waals surface area contributed by atoms with E-state index in [9.17, 15) is 28.5 Å². The van der Waals surface area contributed by atoms with Crippen molar-refractivity contribution < 1.29 is 23.3 Å². The fraction of sp³-hybridized carbons (Fsp3) is 0.300. The molecule has 1 fully saturated rings. The number of allylic oxidation sites excluding steroid dienone is 1. The minimum Gasteiger partial charge on any atom is -0.357 e. The quantitative estimate of drug-likeness (QED) is 0.159. The number of carbonyl (C=O) groups excluding carboxylic acids is 2. The predicted molar refractivity (Wildman–Crippen MR) is 191 cm³/mol. The Morgan fingerprint density at radius 3 is 2.04 bits per heavy atom. The van der Waals surface area contributed by atoms with Crippen molar-refractivity contribution in [3.05, 3.63) is 147 Å². The number of ketones is 1. The van der Waals surface area contributed by atoms with Gasteiger partial charge in [-0.15, -0.1) is 0 Å². The van der Waals surface area contributed by atoms with E-state index in [1.165, 1.54) is 36.4 Å². The van der Waals surface area contributed by atoms with E-state index in [2.05, 4.69) is 24.1 Å². The fourth-order valence-electron chi connectivity index (χ4n) is 7.73. The summed E-state index contributed by atoms with van der Waals surface area (Å²) in [5.74, 6) is -0.829. The van der Waals surface area contributed by atoms with Gasteiger partial charge in [-0.1, -0.05) is 50.2 Å². The molecule has 1 atom stereocenters. The molecule has 7 rings (SSSR count). The smallest absolute Gasteiger partial charge is 0.269 e. The molecule has 3 aliphatic rings. The molecule has 11 heteroatoms. The number of non-ortho nitro benzene ring substituents is 1. The van der Waals surface area contributed by atoms with Crippen molar-refractivity contribution in [2.75, 3.05) is 42.9 Å². The largest absolute Gasteiger partial charge is 0.357 e. The van der Waals surface area contributed by atoms with Crippen LogP contribution in [-0.2, 0) is 9.59 Å². The zero-order valence-electron chi connectivity index (χ0n) is 28.5. The highest BCUT2D eigenvalue weighted by atomic mass is 19.1. The van der Waals surface area contributed by atoms with Gasteiger partial charge in [0.25, 0.3) is 5.69 Å². The van der Waals surface area contributed by atoms with Crippen LogP contribution in [0, 0.1) is 27.2 Å². The number of hydrogen-bond acceptors (Lipinski definition) is 7. The topological polar surface area (TPSA) is 99.0 Å². The van der Waals surface area contributed by atoms with Crippen molar-refractivity contribution in [3.63, 3.8) is 0 Å². The number of carbonyl (C=O) groups is 2. The Morgan fingerprint density at radius 2 is 1.45 bits per heavy atom. The highest BCUT2D eigenvalue weighted by Crippen LogP contribution is 2.48. The van der Waals surface area contributed by atoms with Crippen LogP contribution in [0.3, 0.4) is 0 Å². The lowest BCUT2D eigenvalue weighted by molar-refractivity contribution is -0.384. The third-order valence-corrected chi connectivity index (χ3v) is 10.1. The number of nitrogens with zero attached hydrogens (tertiary/aromatic N) is 4. The number of Topliss-reactive ketones (excluding diaryl/α,β-unsaturated/α-hetero) is 1. The van der Waals surface area contributed by atoms with Gasteiger partial charge in [-0.05, 0) is 77.1 Å². The van der Waals surface area contributed by atoms with Gasteiger partial charge in [-0.3, -0.25) is 24.6 Å². The van der Waals surface area contributed by atoms with Gasteiger partial charge in [-0.25, -0.2) is 8.78 Å². The Bertz CT molecular complexity index is 1940. The lowest BCUT2D eigenvalue weighted by Gasteiger charge is -2.41. The standard InChI is InChI=1S/C40H39F2N5O4/c1-40(2)23-33-37(35(48)24-40)39(28-11-17-31(18-12-28)47(50)51)46(34-6-4-3-5-32(34)43-33)25-36(49)44-19-21-45(22-20-44)38(26-7-13-29(41)14-8-26)27-9-15-30(42)16-10-27/h3-18,38-39,43H,19-25H2,1-2H3. The average Bonchev–Trinajstić information content (AvgIpc) is 3.24. The molecule has 1 aliphatic carbocycles. The Kier molecular flexibility index (Phi) is 9.15. The second-order valence-corrected chi connectivity index (χ2v) is 14.3. The Hall–Kier alpha value is -5.42. The van der Waals surface area contributed by atoms with Crippen LogP contribution in [-0.4, -0.2) is 59.1 Å². The Labute approximate surface area is 295 Å². The molecule has 0 saturated carbocycles. The maximum Gasteiger partial charge on any atom is 0.269 e. The maximum atomic E-state index is 14.3. The Morgan fingerprint density at radius 1 is 0.863 bits per heavy atom. The SMILES string of the molecule is CC1(C)CC(=O)C2=C(C1)Nc1ccccc1N(CC(=O)N1CCN(C(c3ccc(F)cc3)c3ccc(F)cc3)CC1)C2c1ccc([N+](=O)[O-])cc1. The highest BCUT2D eigenvalue weighted by molar-refractivity contribution is 6.02. The molecule has 0 bridgehead atoms. The summed E-state index contributed by atoms with van der Waals surface area (Å²) in [6, 6.07) is 25.6. The predicted octanol–water partition coefficient (Wildman–Crippen LogP) is 7.42.